The highest BCUT2D eigenvalue weighted by atomic mass is 35.7. The summed E-state index contributed by atoms with van der Waals surface area (Å²) in [6.45, 7) is 0. The van der Waals surface area contributed by atoms with Crippen LogP contribution in [0.1, 0.15) is 70.6 Å². The summed E-state index contributed by atoms with van der Waals surface area (Å²) in [7, 11) is -1.52. The van der Waals surface area contributed by atoms with E-state index in [-0.39, 0.29) is 48.6 Å². The van der Waals surface area contributed by atoms with Crippen molar-refractivity contribution in [2.45, 2.75) is 146 Å². The van der Waals surface area contributed by atoms with Gasteiger partial charge in [0.15, 0.2) is 0 Å². The molecule has 9 N–H and O–H groups in total. The molecule has 9 rings (SSSR count). The Morgan fingerprint density at radius 1 is 0.333 bits per heavy atom. The molecular weight excluding hydrogens is 975 g/mol. The lowest BCUT2D eigenvalue weighted by Crippen LogP contribution is -2.68. The van der Waals surface area contributed by atoms with Crippen LogP contribution in [0.15, 0.2) is 0 Å². The van der Waals surface area contributed by atoms with E-state index in [2.05, 4.69) is 42.5 Å². The van der Waals surface area contributed by atoms with Crippen LogP contribution in [0.2, 0.25) is 0 Å². The van der Waals surface area contributed by atoms with Crippen molar-refractivity contribution >= 4 is 89.1 Å². The summed E-state index contributed by atoms with van der Waals surface area (Å²) in [5, 5.41) is 17.3. The molecule has 60 heavy (non-hydrogen) atoms. The predicted octanol–water partition coefficient (Wildman–Crippen LogP) is -0.340. The van der Waals surface area contributed by atoms with E-state index in [9.17, 15) is 46.6 Å². The normalized spacial score (nSPS) is 50.0. The molecule has 0 aromatic carbocycles. The van der Waals surface area contributed by atoms with Crippen molar-refractivity contribution in [3.63, 3.8) is 0 Å². The average Bonchev–Trinajstić information content (AvgIpc) is 3.87. The summed E-state index contributed by atoms with van der Waals surface area (Å²) < 4.78 is 146. The number of hydrogen-bond acceptors (Lipinski definition) is 18. The molecule has 5 saturated heterocycles. The Hall–Kier alpha value is 0.550. The Morgan fingerprint density at radius 3 is 0.917 bits per heavy atom. The van der Waals surface area contributed by atoms with Crippen molar-refractivity contribution in [3.05, 3.63) is 0 Å². The largest absolute Gasteiger partial charge is 0.286 e. The number of rotatable bonds is 5. The zero-order valence-electron chi connectivity index (χ0n) is 32.0. The van der Waals surface area contributed by atoms with Gasteiger partial charge in [0, 0.05) is 60.5 Å². The van der Waals surface area contributed by atoms with Crippen LogP contribution >= 0.6 is 42.7 Å². The second kappa shape index (κ2) is 16.1. The Morgan fingerprint density at radius 2 is 0.600 bits per heavy atom. The number of halogens is 4. The van der Waals surface area contributed by atoms with Gasteiger partial charge in [-0.3, -0.25) is 47.1 Å². The van der Waals surface area contributed by atoms with Gasteiger partial charge in [0.1, 0.15) is 21.0 Å². The molecule has 0 aromatic rings. The summed E-state index contributed by atoms with van der Waals surface area (Å²) in [6.07, 6.45) is 3.44. The van der Waals surface area contributed by atoms with E-state index in [0.29, 0.717) is 12.8 Å². The Kier molecular flexibility index (Phi) is 12.3. The quantitative estimate of drug-likeness (QED) is 0.126. The van der Waals surface area contributed by atoms with Crippen LogP contribution in [-0.2, 0) is 46.3 Å². The van der Waals surface area contributed by atoms with Gasteiger partial charge in [0.2, 0.25) is 36.2 Å². The van der Waals surface area contributed by atoms with Gasteiger partial charge in [-0.25, -0.2) is 33.7 Å². The third kappa shape index (κ3) is 8.12. The minimum atomic E-state index is -5.33. The highest BCUT2D eigenvalue weighted by Crippen LogP contribution is 2.52. The highest BCUT2D eigenvalue weighted by molar-refractivity contribution is 8.20. The van der Waals surface area contributed by atoms with Crippen LogP contribution in [0.5, 0.6) is 0 Å². The lowest BCUT2D eigenvalue weighted by molar-refractivity contribution is 0.169. The smallest absolute Gasteiger partial charge is 0.268 e. The Labute approximate surface area is 369 Å². The van der Waals surface area contributed by atoms with Crippen LogP contribution < -0.4 is 42.5 Å². The summed E-state index contributed by atoms with van der Waals surface area (Å²) >= 11 is 0. The molecule has 5 aliphatic heterocycles. The molecule has 21 unspecified atom stereocenters. The summed E-state index contributed by atoms with van der Waals surface area (Å²) in [5.41, 5.74) is 0. The molecule has 21 atom stereocenters. The second-order valence-corrected chi connectivity index (χ2v) is 31.3. The molecule has 344 valence electrons. The van der Waals surface area contributed by atoms with Crippen molar-refractivity contribution in [2.75, 3.05) is 0 Å². The summed E-state index contributed by atoms with van der Waals surface area (Å²) in [4.78, 5) is 0. The van der Waals surface area contributed by atoms with E-state index in [4.69, 9.17) is 42.7 Å². The molecule has 5 heterocycles. The van der Waals surface area contributed by atoms with Gasteiger partial charge in [-0.05, 0) is 68.1 Å². The van der Waals surface area contributed by atoms with Crippen molar-refractivity contribution in [3.8, 4) is 0 Å². The predicted molar refractivity (Wildman–Crippen MR) is 224 cm³/mol. The van der Waals surface area contributed by atoms with Gasteiger partial charge >= 0.3 is 0 Å². The SMILES string of the molecule is O=S(=O)(O)C1CCCC2C3NC4NC(NC5NC(NC6NC(NC(N3)C21)C1C6C(S(=O)(=O)Cl)C(S(=O)(=O)Cl)C(S(=O)(=O)Cl)C1S(=O)(=O)Cl)C1CCCCC51)C1CCCCC41. The molecular formula is C32H52Cl4N8O11S5. The molecule has 0 aromatic heterocycles. The first-order valence-corrected chi connectivity index (χ1v) is 31.7. The molecule has 8 bridgehead atoms. The third-order valence-electron chi connectivity index (χ3n) is 15.7. The average molecular weight is 1030 g/mol. The first-order valence-electron chi connectivity index (χ1n) is 20.7. The van der Waals surface area contributed by atoms with Gasteiger partial charge in [-0.1, -0.05) is 32.1 Å². The minimum Gasteiger partial charge on any atom is -0.286 e. The van der Waals surface area contributed by atoms with Crippen molar-refractivity contribution < 1.29 is 46.6 Å². The molecule has 19 nitrogen and oxygen atoms in total. The first-order chi connectivity index (χ1) is 27.9. The zero-order chi connectivity index (χ0) is 43.1. The van der Waals surface area contributed by atoms with Crippen LogP contribution in [0.3, 0.4) is 0 Å². The Balaban J connectivity index is 1.22. The van der Waals surface area contributed by atoms with E-state index in [1.807, 2.05) is 0 Å². The van der Waals surface area contributed by atoms with E-state index < -0.39 is 127 Å². The van der Waals surface area contributed by atoms with E-state index in [1.165, 1.54) is 0 Å². The van der Waals surface area contributed by atoms with Gasteiger partial charge in [-0.15, -0.1) is 0 Å². The summed E-state index contributed by atoms with van der Waals surface area (Å²) in [5.74, 6) is -3.96. The van der Waals surface area contributed by atoms with E-state index >= 15 is 0 Å². The monoisotopic (exact) mass is 1020 g/mol. The van der Waals surface area contributed by atoms with Crippen LogP contribution in [0, 0.1) is 47.3 Å². The van der Waals surface area contributed by atoms with Crippen molar-refractivity contribution in [1.29, 1.82) is 0 Å². The Bertz CT molecular complexity index is 2270. The fourth-order valence-corrected chi connectivity index (χ4v) is 25.9. The fraction of sp³-hybridized carbons (Fsp3) is 1.00. The van der Waals surface area contributed by atoms with E-state index in [0.717, 1.165) is 51.4 Å². The number of nitrogens with one attached hydrogen (secondary N) is 8. The molecule has 0 amide bonds. The van der Waals surface area contributed by atoms with Crippen LogP contribution in [0.25, 0.3) is 0 Å². The molecule has 9 fully saturated rings. The maximum atomic E-state index is 13.8. The number of hydrogen-bond donors (Lipinski definition) is 9. The molecule has 4 aliphatic carbocycles. The molecule has 0 radical (unpaired) electrons. The summed E-state index contributed by atoms with van der Waals surface area (Å²) in [6, 6.07) is 0. The van der Waals surface area contributed by atoms with E-state index in [1.54, 1.807) is 0 Å². The van der Waals surface area contributed by atoms with Crippen LogP contribution in [-0.4, -0.2) is 122 Å². The lowest BCUT2D eigenvalue weighted by atomic mass is 9.75. The maximum absolute atomic E-state index is 13.8. The number of fused-ring (bicyclic) bond motifs is 20. The first kappa shape index (κ1) is 45.7. The zero-order valence-corrected chi connectivity index (χ0v) is 39.1. The standard InChI is InChI=1S/C32H52Cl4N8O11S5/c33-56(45,46)21-19-20(22(57(34,47)48)24(59(36,51)52)23(21)58(35,49)50)32-43-30-18-16(10-5-11-17(18)60(53,54)55)29(42-30)40-27-13-7-2-1-6-12(13)25(38-27)37-26-14-8-3-4-9-15(14)28(39-26)41-31(19)44-32/h12-32,37-44H,1-11H2,(H,53,54,55). The van der Waals surface area contributed by atoms with Crippen molar-refractivity contribution in [1.82, 2.24) is 42.5 Å². The minimum absolute atomic E-state index is 0.0291. The third-order valence-corrected chi connectivity index (χ3v) is 25.0. The molecule has 0 spiro atoms. The van der Waals surface area contributed by atoms with Gasteiger partial charge < -0.3 is 0 Å². The highest BCUT2D eigenvalue weighted by Gasteiger charge is 2.71. The lowest BCUT2D eigenvalue weighted by Gasteiger charge is -2.47. The second-order valence-electron chi connectivity index (χ2n) is 18.5. The molecule has 9 aliphatic rings. The molecule has 28 heteroatoms. The maximum Gasteiger partial charge on any atom is 0.268 e. The van der Waals surface area contributed by atoms with Crippen LogP contribution in [0.4, 0.5) is 0 Å². The van der Waals surface area contributed by atoms with Gasteiger partial charge in [0.25, 0.3) is 10.1 Å². The van der Waals surface area contributed by atoms with Gasteiger partial charge in [0.05, 0.1) is 54.6 Å². The topological polar surface area (TPSA) is 287 Å². The van der Waals surface area contributed by atoms with Crippen molar-refractivity contribution in [2.24, 2.45) is 47.3 Å². The fourth-order valence-electron chi connectivity index (χ4n) is 13.7. The van der Waals surface area contributed by atoms with Gasteiger partial charge in [-0.2, -0.15) is 8.42 Å². The molecule has 4 saturated carbocycles.